The Kier molecular flexibility index (Phi) is 10.6. The Morgan fingerprint density at radius 1 is 0.818 bits per heavy atom. The first-order chi connectivity index (χ1) is 25.7. The summed E-state index contributed by atoms with van der Waals surface area (Å²) in [5, 5.41) is 82.2. The van der Waals surface area contributed by atoms with Gasteiger partial charge >= 0.3 is 11.9 Å². The van der Waals surface area contributed by atoms with E-state index in [1.807, 2.05) is 0 Å². The number of carboxylic acids is 1. The average molecular weight is 779 g/mol. The van der Waals surface area contributed by atoms with E-state index in [0.29, 0.717) is 32.1 Å². The van der Waals surface area contributed by atoms with E-state index >= 15 is 0 Å². The summed E-state index contributed by atoms with van der Waals surface area (Å²) in [6.07, 6.45) is -6.78. The Bertz CT molecular complexity index is 1560. The molecule has 2 heterocycles. The molecule has 0 aromatic rings. The molecule has 7 rings (SSSR count). The van der Waals surface area contributed by atoms with E-state index in [0.717, 1.165) is 37.7 Å². The SMILES string of the molecule is C=C1CC[C@]2(C(=O)O[C@@H]3O[C@H](CO)[C@@H](O)[C@H](O)[C@H]3O)CC[C@]3(C)C(=CC[C@@H]4[C@@]5(C)CC[C@H](O[C@@H]6O[C@H](C(=O)O)[C@@H](O)[C@H](O)[C@H]6O)C(C)(C)[C@@H]5CC[C@]43C)[C@@H]2C1. The van der Waals surface area contributed by atoms with E-state index in [9.17, 15) is 50.4 Å². The summed E-state index contributed by atoms with van der Waals surface area (Å²) in [6.45, 7) is 15.2. The first-order valence-corrected chi connectivity index (χ1v) is 20.1. The number of rotatable bonds is 6. The van der Waals surface area contributed by atoms with Crippen LogP contribution in [-0.2, 0) is 28.5 Å². The zero-order valence-corrected chi connectivity index (χ0v) is 32.7. The molecule has 4 saturated carbocycles. The lowest BCUT2D eigenvalue weighted by Crippen LogP contribution is -2.66. The standard InChI is InChI=1S/C41H62O14/c1-19-9-14-41(36(51)55-34-30(47)27(44)26(43)22(18-42)52-34)16-15-39(5)20(21(41)17-19)7-8-24-38(4)12-11-25(37(2,3)23(38)10-13-40(24,39)6)53-35-31(48)28(45)29(46)32(54-35)33(49)50/h7,21-32,34-35,42-48H,1,8-18H2,2-6H3,(H,49,50)/t21-,22+,23-,24+,25-,26+,27-,28-,29-,30+,31+,32-,34-,35+,38-,39+,40+,41-/m0/s1. The van der Waals surface area contributed by atoms with Crippen molar-refractivity contribution in [3.8, 4) is 0 Å². The minimum Gasteiger partial charge on any atom is -0.479 e. The van der Waals surface area contributed by atoms with E-state index < -0.39 is 96.9 Å². The minimum atomic E-state index is -1.79. The van der Waals surface area contributed by atoms with Crippen molar-refractivity contribution in [1.82, 2.24) is 0 Å². The van der Waals surface area contributed by atoms with Crippen molar-refractivity contribution in [2.75, 3.05) is 6.61 Å². The van der Waals surface area contributed by atoms with Crippen molar-refractivity contribution in [1.29, 1.82) is 0 Å². The summed E-state index contributed by atoms with van der Waals surface area (Å²) >= 11 is 0. The second-order valence-electron chi connectivity index (χ2n) is 19.3. The van der Waals surface area contributed by atoms with E-state index in [2.05, 4.69) is 47.3 Å². The van der Waals surface area contributed by atoms with Gasteiger partial charge in [-0.3, -0.25) is 4.79 Å². The lowest BCUT2D eigenvalue weighted by molar-refractivity contribution is -0.324. The molecule has 0 amide bonds. The number of allylic oxidation sites excluding steroid dienone is 3. The number of fused-ring (bicyclic) bond motifs is 7. The predicted molar refractivity (Wildman–Crippen MR) is 193 cm³/mol. The van der Waals surface area contributed by atoms with Crippen LogP contribution in [-0.4, -0.2) is 127 Å². The van der Waals surface area contributed by atoms with Crippen LogP contribution in [0.5, 0.6) is 0 Å². The fourth-order valence-electron chi connectivity index (χ4n) is 13.1. The Labute approximate surface area is 322 Å². The smallest absolute Gasteiger partial charge is 0.335 e. The molecule has 310 valence electrons. The molecular formula is C41H62O14. The summed E-state index contributed by atoms with van der Waals surface area (Å²) in [4.78, 5) is 26.2. The van der Waals surface area contributed by atoms with E-state index in [1.165, 1.54) is 5.57 Å². The monoisotopic (exact) mass is 778 g/mol. The topological polar surface area (TPSA) is 233 Å². The quantitative estimate of drug-likeness (QED) is 0.109. The van der Waals surface area contributed by atoms with Crippen molar-refractivity contribution in [2.45, 2.75) is 166 Å². The molecule has 5 aliphatic carbocycles. The molecule has 0 aromatic heterocycles. The molecule has 2 aliphatic heterocycles. The molecular weight excluding hydrogens is 716 g/mol. The molecule has 0 aromatic carbocycles. The summed E-state index contributed by atoms with van der Waals surface area (Å²) in [5.41, 5.74) is 0.508. The van der Waals surface area contributed by atoms with Crippen LogP contribution in [0.15, 0.2) is 23.8 Å². The number of aliphatic hydroxyl groups is 7. The van der Waals surface area contributed by atoms with Gasteiger partial charge in [0.05, 0.1) is 18.1 Å². The predicted octanol–water partition coefficient (Wildman–Crippen LogP) is 1.94. The lowest BCUT2D eigenvalue weighted by Gasteiger charge is -2.71. The fraction of sp³-hybridized carbons (Fsp3) is 0.854. The van der Waals surface area contributed by atoms with Crippen molar-refractivity contribution in [2.24, 2.45) is 44.8 Å². The van der Waals surface area contributed by atoms with Gasteiger partial charge in [0.2, 0.25) is 6.29 Å². The molecule has 0 unspecified atom stereocenters. The van der Waals surface area contributed by atoms with Crippen LogP contribution in [0, 0.1) is 44.8 Å². The van der Waals surface area contributed by atoms with Crippen molar-refractivity contribution in [3.63, 3.8) is 0 Å². The van der Waals surface area contributed by atoms with Crippen molar-refractivity contribution < 1.29 is 69.4 Å². The average Bonchev–Trinajstić information content (AvgIpc) is 3.13. The summed E-state index contributed by atoms with van der Waals surface area (Å²) < 4.78 is 23.4. The molecule has 6 fully saturated rings. The van der Waals surface area contributed by atoms with Gasteiger partial charge in [0.1, 0.15) is 42.7 Å². The highest BCUT2D eigenvalue weighted by Gasteiger charge is 2.69. The molecule has 14 heteroatoms. The van der Waals surface area contributed by atoms with Crippen LogP contribution in [0.2, 0.25) is 0 Å². The Morgan fingerprint density at radius 3 is 2.16 bits per heavy atom. The highest BCUT2D eigenvalue weighted by molar-refractivity contribution is 5.79. The number of esters is 1. The molecule has 14 nitrogen and oxygen atoms in total. The second-order valence-corrected chi connectivity index (χ2v) is 19.3. The summed E-state index contributed by atoms with van der Waals surface area (Å²) in [7, 11) is 0. The number of aliphatic hydroxyl groups excluding tert-OH is 7. The number of carboxylic acid groups (broad SMARTS) is 1. The van der Waals surface area contributed by atoms with Gasteiger partial charge < -0.3 is 59.8 Å². The number of carbonyl (C=O) groups is 2. The number of aliphatic carboxylic acids is 1. The van der Waals surface area contributed by atoms with Gasteiger partial charge in [0.15, 0.2) is 12.4 Å². The number of hydrogen-bond donors (Lipinski definition) is 8. The second kappa shape index (κ2) is 14.1. The number of hydrogen-bond acceptors (Lipinski definition) is 13. The maximum atomic E-state index is 14.4. The largest absolute Gasteiger partial charge is 0.479 e. The summed E-state index contributed by atoms with van der Waals surface area (Å²) in [5.74, 6) is -1.65. The highest BCUT2D eigenvalue weighted by Crippen LogP contribution is 2.75. The van der Waals surface area contributed by atoms with Crippen LogP contribution in [0.3, 0.4) is 0 Å². The van der Waals surface area contributed by atoms with Crippen LogP contribution in [0.4, 0.5) is 0 Å². The third kappa shape index (κ3) is 6.02. The van der Waals surface area contributed by atoms with Gasteiger partial charge in [-0.05, 0) is 97.7 Å². The molecule has 18 atom stereocenters. The molecule has 0 spiro atoms. The summed E-state index contributed by atoms with van der Waals surface area (Å²) in [6, 6.07) is 0. The first kappa shape index (κ1) is 41.2. The van der Waals surface area contributed by atoms with Gasteiger partial charge in [0, 0.05) is 5.92 Å². The molecule has 0 bridgehead atoms. The first-order valence-electron chi connectivity index (χ1n) is 20.1. The van der Waals surface area contributed by atoms with Gasteiger partial charge in [-0.2, -0.15) is 0 Å². The molecule has 0 radical (unpaired) electrons. The van der Waals surface area contributed by atoms with Crippen LogP contribution in [0.1, 0.15) is 98.8 Å². The van der Waals surface area contributed by atoms with E-state index in [1.54, 1.807) is 0 Å². The fourth-order valence-corrected chi connectivity index (χ4v) is 13.1. The van der Waals surface area contributed by atoms with Crippen LogP contribution >= 0.6 is 0 Å². The van der Waals surface area contributed by atoms with E-state index in [-0.39, 0.29) is 34.0 Å². The maximum Gasteiger partial charge on any atom is 0.335 e. The Hall–Kier alpha value is -1.98. The van der Waals surface area contributed by atoms with Crippen LogP contribution < -0.4 is 0 Å². The normalized spacial score (nSPS) is 52.1. The van der Waals surface area contributed by atoms with Gasteiger partial charge in [-0.15, -0.1) is 0 Å². The van der Waals surface area contributed by atoms with Gasteiger partial charge in [-0.1, -0.05) is 58.4 Å². The lowest BCUT2D eigenvalue weighted by atomic mass is 9.34. The van der Waals surface area contributed by atoms with Crippen molar-refractivity contribution >= 4 is 11.9 Å². The molecule has 8 N–H and O–H groups in total. The van der Waals surface area contributed by atoms with Gasteiger partial charge in [-0.25, -0.2) is 4.79 Å². The third-order valence-corrected chi connectivity index (χ3v) is 16.6. The number of ether oxygens (including phenoxy) is 4. The minimum absolute atomic E-state index is 0.112. The van der Waals surface area contributed by atoms with E-state index in [4.69, 9.17) is 18.9 Å². The van der Waals surface area contributed by atoms with Crippen LogP contribution in [0.25, 0.3) is 0 Å². The zero-order valence-electron chi connectivity index (χ0n) is 32.7. The Morgan fingerprint density at radius 2 is 1.49 bits per heavy atom. The molecule has 2 saturated heterocycles. The molecule has 7 aliphatic rings. The third-order valence-electron chi connectivity index (χ3n) is 16.6. The zero-order chi connectivity index (χ0) is 40.2. The maximum absolute atomic E-state index is 14.4. The van der Waals surface area contributed by atoms with Crippen molar-refractivity contribution in [3.05, 3.63) is 23.8 Å². The Balaban J connectivity index is 1.14. The molecule has 55 heavy (non-hydrogen) atoms. The highest BCUT2D eigenvalue weighted by atomic mass is 16.7. The van der Waals surface area contributed by atoms with Gasteiger partial charge in [0.25, 0.3) is 0 Å². The number of carbonyl (C=O) groups excluding carboxylic acids is 1.